The molecule has 0 bridgehead atoms. The quantitative estimate of drug-likeness (QED) is 0.285. The number of carbonyl (C=O) groups is 1. The largest absolute Gasteiger partial charge is 0.480 e. The standard InChI is InChI=1S/C28H33N5O4/c1-17-9-8-10-23(11-17)27-29-24(37-32-27)15-33(16-25-31-30-21(5)35-25)14-22-12-18(2)26(19(3)13-22)36-28(6,7)20(4)34/h8-13H,14-16H2,1-7H3. The van der Waals surface area contributed by atoms with E-state index in [-0.39, 0.29) is 5.78 Å². The van der Waals surface area contributed by atoms with Crippen LogP contribution in [0.4, 0.5) is 0 Å². The minimum Gasteiger partial charge on any atom is -0.480 e. The Bertz CT molecular complexity index is 1380. The number of hydrogen-bond acceptors (Lipinski definition) is 9. The first-order valence-electron chi connectivity index (χ1n) is 12.2. The predicted octanol–water partition coefficient (Wildman–Crippen LogP) is 5.30. The predicted molar refractivity (Wildman–Crippen MR) is 138 cm³/mol. The molecule has 0 radical (unpaired) electrons. The van der Waals surface area contributed by atoms with Gasteiger partial charge in [-0.2, -0.15) is 4.98 Å². The lowest BCUT2D eigenvalue weighted by Gasteiger charge is -2.26. The molecule has 0 spiro atoms. The van der Waals surface area contributed by atoms with Crippen molar-refractivity contribution in [3.8, 4) is 17.1 Å². The average Bonchev–Trinajstić information content (AvgIpc) is 3.45. The van der Waals surface area contributed by atoms with Crippen molar-refractivity contribution >= 4 is 5.78 Å². The van der Waals surface area contributed by atoms with Gasteiger partial charge in [0.05, 0.1) is 13.1 Å². The van der Waals surface area contributed by atoms with Crippen molar-refractivity contribution in [2.75, 3.05) is 0 Å². The average molecular weight is 504 g/mol. The van der Waals surface area contributed by atoms with Crippen LogP contribution in [-0.2, 0) is 24.4 Å². The van der Waals surface area contributed by atoms with Crippen LogP contribution in [0.5, 0.6) is 5.75 Å². The molecule has 0 unspecified atom stereocenters. The van der Waals surface area contributed by atoms with Crippen LogP contribution in [0.25, 0.3) is 11.4 Å². The van der Waals surface area contributed by atoms with E-state index in [0.717, 1.165) is 33.6 Å². The van der Waals surface area contributed by atoms with Crippen molar-refractivity contribution < 1.29 is 18.5 Å². The lowest BCUT2D eigenvalue weighted by Crippen LogP contribution is -2.36. The Kier molecular flexibility index (Phi) is 7.54. The number of carbonyl (C=O) groups excluding carboxylic acids is 1. The van der Waals surface area contributed by atoms with E-state index in [0.29, 0.717) is 43.1 Å². The Balaban J connectivity index is 1.57. The van der Waals surface area contributed by atoms with Crippen LogP contribution in [0.2, 0.25) is 0 Å². The maximum Gasteiger partial charge on any atom is 0.241 e. The van der Waals surface area contributed by atoms with Crippen molar-refractivity contribution in [2.24, 2.45) is 0 Å². The van der Waals surface area contributed by atoms with Crippen LogP contribution in [-0.4, -0.2) is 36.6 Å². The third kappa shape index (κ3) is 6.48. The molecule has 0 saturated heterocycles. The minimum absolute atomic E-state index is 0.0269. The number of ether oxygens (including phenoxy) is 1. The zero-order valence-electron chi connectivity index (χ0n) is 22.5. The fourth-order valence-corrected chi connectivity index (χ4v) is 4.05. The van der Waals surface area contributed by atoms with E-state index < -0.39 is 5.60 Å². The van der Waals surface area contributed by atoms with Gasteiger partial charge in [0.1, 0.15) is 5.75 Å². The normalized spacial score (nSPS) is 11.8. The van der Waals surface area contributed by atoms with Gasteiger partial charge in [-0.1, -0.05) is 41.1 Å². The summed E-state index contributed by atoms with van der Waals surface area (Å²) in [4.78, 5) is 18.7. The van der Waals surface area contributed by atoms with E-state index in [1.54, 1.807) is 20.8 Å². The van der Waals surface area contributed by atoms with E-state index in [1.807, 2.05) is 45.0 Å². The fourth-order valence-electron chi connectivity index (χ4n) is 4.05. The van der Waals surface area contributed by atoms with Crippen LogP contribution >= 0.6 is 0 Å². The van der Waals surface area contributed by atoms with Gasteiger partial charge in [0.2, 0.25) is 23.5 Å². The highest BCUT2D eigenvalue weighted by atomic mass is 16.5. The number of aryl methyl sites for hydroxylation is 4. The highest BCUT2D eigenvalue weighted by Crippen LogP contribution is 2.30. The van der Waals surface area contributed by atoms with Gasteiger partial charge >= 0.3 is 0 Å². The zero-order chi connectivity index (χ0) is 26.7. The first kappa shape index (κ1) is 26.2. The molecule has 0 amide bonds. The number of ketones is 1. The smallest absolute Gasteiger partial charge is 0.241 e. The summed E-state index contributed by atoms with van der Waals surface area (Å²) in [6.07, 6.45) is 0. The van der Waals surface area contributed by atoms with Crippen LogP contribution in [0.3, 0.4) is 0 Å². The van der Waals surface area contributed by atoms with Crippen LogP contribution in [0.15, 0.2) is 45.3 Å². The Hall–Kier alpha value is -3.85. The molecule has 4 aromatic rings. The van der Waals surface area contributed by atoms with Crippen molar-refractivity contribution in [3.05, 3.63) is 76.3 Å². The van der Waals surface area contributed by atoms with Gasteiger partial charge in [0.15, 0.2) is 11.4 Å². The molecule has 0 aliphatic rings. The SMILES string of the molecule is CC(=O)C(C)(C)Oc1c(C)cc(CN(Cc2nc(-c3cccc(C)c3)no2)Cc2nnc(C)o2)cc1C. The Morgan fingerprint density at radius 3 is 2.30 bits per heavy atom. The molecule has 4 rings (SSSR count). The number of rotatable bonds is 10. The number of Topliss-reactive ketones (excluding diaryl/α,β-unsaturated/α-hetero) is 1. The summed E-state index contributed by atoms with van der Waals surface area (Å²) < 4.78 is 17.3. The highest BCUT2D eigenvalue weighted by Gasteiger charge is 2.27. The second kappa shape index (κ2) is 10.6. The molecule has 0 N–H and O–H groups in total. The van der Waals surface area contributed by atoms with Gasteiger partial charge in [0.25, 0.3) is 0 Å². The van der Waals surface area contributed by atoms with Crippen LogP contribution < -0.4 is 4.74 Å². The lowest BCUT2D eigenvalue weighted by atomic mass is 10.0. The van der Waals surface area contributed by atoms with E-state index in [2.05, 4.69) is 37.4 Å². The van der Waals surface area contributed by atoms with Crippen molar-refractivity contribution in [1.82, 2.24) is 25.2 Å². The number of hydrogen-bond donors (Lipinski definition) is 0. The first-order chi connectivity index (χ1) is 17.5. The molecule has 9 nitrogen and oxygen atoms in total. The Labute approximate surface area is 216 Å². The summed E-state index contributed by atoms with van der Waals surface area (Å²) in [6.45, 7) is 14.3. The van der Waals surface area contributed by atoms with E-state index in [1.165, 1.54) is 6.92 Å². The summed E-state index contributed by atoms with van der Waals surface area (Å²) in [5.41, 5.74) is 4.12. The van der Waals surface area contributed by atoms with Gasteiger partial charge in [0, 0.05) is 19.0 Å². The van der Waals surface area contributed by atoms with Crippen LogP contribution in [0, 0.1) is 27.7 Å². The van der Waals surface area contributed by atoms with E-state index in [9.17, 15) is 4.79 Å². The second-order valence-corrected chi connectivity index (χ2v) is 9.97. The van der Waals surface area contributed by atoms with Gasteiger partial charge in [-0.15, -0.1) is 10.2 Å². The summed E-state index contributed by atoms with van der Waals surface area (Å²) >= 11 is 0. The lowest BCUT2D eigenvalue weighted by molar-refractivity contribution is -0.129. The van der Waals surface area contributed by atoms with Gasteiger partial charge in [-0.3, -0.25) is 9.69 Å². The molecule has 37 heavy (non-hydrogen) atoms. The number of nitrogens with zero attached hydrogens (tertiary/aromatic N) is 5. The Morgan fingerprint density at radius 2 is 1.68 bits per heavy atom. The third-order valence-corrected chi connectivity index (χ3v) is 6.16. The molecular weight excluding hydrogens is 470 g/mol. The molecule has 0 saturated carbocycles. The number of aromatic nitrogens is 4. The Morgan fingerprint density at radius 1 is 0.973 bits per heavy atom. The minimum atomic E-state index is -0.897. The molecule has 0 aliphatic heterocycles. The van der Waals surface area contributed by atoms with Gasteiger partial charge in [-0.05, 0) is 64.3 Å². The van der Waals surface area contributed by atoms with Gasteiger partial charge in [-0.25, -0.2) is 0 Å². The topological polar surface area (TPSA) is 107 Å². The molecular formula is C28H33N5O4. The zero-order valence-corrected chi connectivity index (χ0v) is 22.5. The molecule has 194 valence electrons. The summed E-state index contributed by atoms with van der Waals surface area (Å²) in [5, 5.41) is 12.3. The molecule has 0 aliphatic carbocycles. The molecule has 2 heterocycles. The maximum absolute atomic E-state index is 12.0. The highest BCUT2D eigenvalue weighted by molar-refractivity contribution is 5.84. The third-order valence-electron chi connectivity index (χ3n) is 6.16. The van der Waals surface area contributed by atoms with Crippen molar-refractivity contribution in [1.29, 1.82) is 0 Å². The van der Waals surface area contributed by atoms with Crippen molar-refractivity contribution in [3.63, 3.8) is 0 Å². The number of benzene rings is 2. The monoisotopic (exact) mass is 503 g/mol. The second-order valence-electron chi connectivity index (χ2n) is 9.97. The molecule has 2 aromatic carbocycles. The van der Waals surface area contributed by atoms with Crippen molar-refractivity contribution in [2.45, 2.75) is 73.7 Å². The van der Waals surface area contributed by atoms with E-state index >= 15 is 0 Å². The first-order valence-corrected chi connectivity index (χ1v) is 12.2. The molecule has 2 aromatic heterocycles. The van der Waals surface area contributed by atoms with Crippen LogP contribution in [0.1, 0.15) is 60.7 Å². The summed E-state index contributed by atoms with van der Waals surface area (Å²) in [5.74, 6) is 2.75. The van der Waals surface area contributed by atoms with Gasteiger partial charge < -0.3 is 13.7 Å². The summed E-state index contributed by atoms with van der Waals surface area (Å²) in [7, 11) is 0. The fraction of sp³-hybridized carbons (Fsp3) is 0.393. The molecule has 0 atom stereocenters. The molecule has 9 heteroatoms. The maximum atomic E-state index is 12.0. The van der Waals surface area contributed by atoms with E-state index in [4.69, 9.17) is 13.7 Å². The molecule has 0 fully saturated rings. The summed E-state index contributed by atoms with van der Waals surface area (Å²) in [6, 6.07) is 12.1.